The predicted octanol–water partition coefficient (Wildman–Crippen LogP) is 7.62. The zero-order valence-corrected chi connectivity index (χ0v) is 22.3. The van der Waals surface area contributed by atoms with Crippen LogP contribution in [0.3, 0.4) is 0 Å². The second-order valence-electron chi connectivity index (χ2n) is 10.5. The van der Waals surface area contributed by atoms with E-state index in [0.29, 0.717) is 29.3 Å². The van der Waals surface area contributed by atoms with Gasteiger partial charge in [-0.1, -0.05) is 41.9 Å². The summed E-state index contributed by atoms with van der Waals surface area (Å²) in [5, 5.41) is 10.2. The molecule has 5 rings (SSSR count). The fraction of sp³-hybridized carbons (Fsp3) is 0.344. The van der Waals surface area contributed by atoms with E-state index in [-0.39, 0.29) is 18.1 Å². The average molecular weight is 536 g/mol. The molecule has 198 valence electrons. The van der Waals surface area contributed by atoms with Gasteiger partial charge in [-0.3, -0.25) is 4.39 Å². The third kappa shape index (κ3) is 5.41. The number of alkyl halides is 1. The third-order valence-electron chi connectivity index (χ3n) is 7.88. The van der Waals surface area contributed by atoms with Gasteiger partial charge < -0.3 is 10.0 Å². The molecule has 1 heterocycles. The molecule has 3 nitrogen and oxygen atoms in total. The first-order valence-corrected chi connectivity index (χ1v) is 13.7. The first-order chi connectivity index (χ1) is 18.4. The maximum Gasteiger partial charge on any atom is 0.335 e. The van der Waals surface area contributed by atoms with Crippen LogP contribution in [-0.4, -0.2) is 42.3 Å². The Morgan fingerprint density at radius 1 is 1.08 bits per heavy atom. The van der Waals surface area contributed by atoms with Crippen LogP contribution in [0, 0.1) is 18.7 Å². The van der Waals surface area contributed by atoms with E-state index in [1.807, 2.05) is 37.3 Å². The zero-order valence-electron chi connectivity index (χ0n) is 21.6. The number of hydrogen-bond donors (Lipinski definition) is 1. The Morgan fingerprint density at radius 3 is 2.63 bits per heavy atom. The van der Waals surface area contributed by atoms with Crippen molar-refractivity contribution < 1.29 is 18.7 Å². The molecule has 0 bridgehead atoms. The van der Waals surface area contributed by atoms with E-state index in [1.165, 1.54) is 0 Å². The molecule has 6 heteroatoms. The van der Waals surface area contributed by atoms with Gasteiger partial charge in [-0.15, -0.1) is 0 Å². The van der Waals surface area contributed by atoms with Crippen molar-refractivity contribution in [1.82, 2.24) is 4.90 Å². The highest BCUT2D eigenvalue weighted by molar-refractivity contribution is 6.31. The maximum atomic E-state index is 15.6. The minimum absolute atomic E-state index is 0.229. The van der Waals surface area contributed by atoms with Crippen molar-refractivity contribution in [2.24, 2.45) is 5.92 Å². The SMILES string of the molecule is Cc1c(Cl)cccc1C1=C(c2ccc(CC3CN(CCCF)C3)c(F)c2)c2ccc(C(=O)O)cc2CCC1. The van der Waals surface area contributed by atoms with Crippen molar-refractivity contribution in [2.45, 2.75) is 39.0 Å². The maximum absolute atomic E-state index is 15.6. The number of aryl methyl sites for hydroxylation is 1. The molecule has 1 saturated heterocycles. The first kappa shape index (κ1) is 26.6. The summed E-state index contributed by atoms with van der Waals surface area (Å²) >= 11 is 6.51. The summed E-state index contributed by atoms with van der Waals surface area (Å²) in [5.41, 5.74) is 7.69. The van der Waals surface area contributed by atoms with Crippen molar-refractivity contribution >= 4 is 28.7 Å². The molecule has 0 spiro atoms. The lowest BCUT2D eigenvalue weighted by Gasteiger charge is -2.39. The van der Waals surface area contributed by atoms with Gasteiger partial charge in [0.05, 0.1) is 12.2 Å². The normalized spacial score (nSPS) is 16.2. The van der Waals surface area contributed by atoms with Crippen LogP contribution in [0.25, 0.3) is 11.1 Å². The summed E-state index contributed by atoms with van der Waals surface area (Å²) in [6.45, 7) is 4.22. The molecule has 1 aliphatic heterocycles. The molecule has 0 radical (unpaired) electrons. The van der Waals surface area contributed by atoms with Crippen LogP contribution in [-0.2, 0) is 12.8 Å². The van der Waals surface area contributed by atoms with Crippen LogP contribution in [0.5, 0.6) is 0 Å². The van der Waals surface area contributed by atoms with Crippen molar-refractivity contribution in [1.29, 1.82) is 0 Å². The van der Waals surface area contributed by atoms with E-state index in [4.69, 9.17) is 11.6 Å². The van der Waals surface area contributed by atoms with E-state index >= 15 is 4.39 Å². The van der Waals surface area contributed by atoms with Gasteiger partial charge in [0.25, 0.3) is 0 Å². The number of aromatic carboxylic acids is 1. The van der Waals surface area contributed by atoms with Crippen LogP contribution < -0.4 is 0 Å². The highest BCUT2D eigenvalue weighted by atomic mass is 35.5. The predicted molar refractivity (Wildman–Crippen MR) is 149 cm³/mol. The van der Waals surface area contributed by atoms with Crippen molar-refractivity contribution in [3.63, 3.8) is 0 Å². The number of benzene rings is 3. The smallest absolute Gasteiger partial charge is 0.335 e. The molecule has 0 unspecified atom stereocenters. The van der Waals surface area contributed by atoms with Gasteiger partial charge in [-0.25, -0.2) is 9.18 Å². The summed E-state index contributed by atoms with van der Waals surface area (Å²) < 4.78 is 28.0. The van der Waals surface area contributed by atoms with E-state index in [2.05, 4.69) is 11.0 Å². The number of rotatable bonds is 8. The van der Waals surface area contributed by atoms with Crippen LogP contribution >= 0.6 is 11.6 Å². The summed E-state index contributed by atoms with van der Waals surface area (Å²) in [5.74, 6) is -0.803. The summed E-state index contributed by atoms with van der Waals surface area (Å²) in [6.07, 6.45) is 3.57. The Hall–Kier alpha value is -3.02. The largest absolute Gasteiger partial charge is 0.478 e. The molecule has 38 heavy (non-hydrogen) atoms. The molecular formula is C32H32ClF2NO2. The fourth-order valence-electron chi connectivity index (χ4n) is 5.91. The highest BCUT2D eigenvalue weighted by Gasteiger charge is 2.28. The topological polar surface area (TPSA) is 40.5 Å². The number of fused-ring (bicyclic) bond motifs is 1. The molecule has 0 aromatic heterocycles. The summed E-state index contributed by atoms with van der Waals surface area (Å²) in [6, 6.07) is 16.6. The van der Waals surface area contributed by atoms with E-state index < -0.39 is 5.97 Å². The highest BCUT2D eigenvalue weighted by Crippen LogP contribution is 2.42. The number of allylic oxidation sites excluding steroid dienone is 1. The van der Waals surface area contributed by atoms with Gasteiger partial charge in [0.2, 0.25) is 0 Å². The molecule has 1 aliphatic carbocycles. The zero-order chi connectivity index (χ0) is 26.8. The summed E-state index contributed by atoms with van der Waals surface area (Å²) in [4.78, 5) is 13.9. The van der Waals surface area contributed by atoms with Crippen LogP contribution in [0.4, 0.5) is 8.78 Å². The minimum atomic E-state index is -0.955. The van der Waals surface area contributed by atoms with E-state index in [9.17, 15) is 14.3 Å². The lowest BCUT2D eigenvalue weighted by Crippen LogP contribution is -2.48. The number of halogens is 3. The Morgan fingerprint density at radius 2 is 1.89 bits per heavy atom. The van der Waals surface area contributed by atoms with Crippen LogP contribution in [0.1, 0.15) is 63.0 Å². The standard InChI is InChI=1S/C32H32ClF2NO2/c1-20-26(6-3-8-29(20)33)28-7-2-5-22-16-25(32(37)38)11-12-27(22)31(28)24-10-9-23(30(35)17-24)15-21-18-36(19-21)14-4-13-34/h3,6,8-12,16-17,21H,2,4-5,7,13-15,18-19H2,1H3,(H,37,38). The quantitative estimate of drug-likeness (QED) is 0.322. The molecule has 2 aliphatic rings. The molecule has 3 aromatic carbocycles. The van der Waals surface area contributed by atoms with Crippen LogP contribution in [0.15, 0.2) is 54.6 Å². The van der Waals surface area contributed by atoms with Crippen molar-refractivity contribution in [2.75, 3.05) is 26.3 Å². The molecule has 0 atom stereocenters. The van der Waals surface area contributed by atoms with Gasteiger partial charge in [0, 0.05) is 24.7 Å². The average Bonchev–Trinajstić information content (AvgIpc) is 3.06. The fourth-order valence-corrected chi connectivity index (χ4v) is 6.08. The number of hydrogen-bond acceptors (Lipinski definition) is 2. The third-order valence-corrected chi connectivity index (χ3v) is 8.29. The van der Waals surface area contributed by atoms with E-state index in [1.54, 1.807) is 18.2 Å². The van der Waals surface area contributed by atoms with Crippen molar-refractivity contribution in [3.8, 4) is 0 Å². The lowest BCUT2D eigenvalue weighted by atomic mass is 9.85. The molecule has 0 saturated carbocycles. The molecule has 1 fully saturated rings. The number of carbonyl (C=O) groups is 1. The van der Waals surface area contributed by atoms with Crippen LogP contribution in [0.2, 0.25) is 5.02 Å². The van der Waals surface area contributed by atoms with Gasteiger partial charge >= 0.3 is 5.97 Å². The van der Waals surface area contributed by atoms with Gasteiger partial charge in [-0.05, 0) is 114 Å². The Kier molecular flexibility index (Phi) is 7.96. The van der Waals surface area contributed by atoms with E-state index in [0.717, 1.165) is 77.9 Å². The molecular weight excluding hydrogens is 504 g/mol. The number of carboxylic acids is 1. The molecule has 0 amide bonds. The second kappa shape index (κ2) is 11.4. The Balaban J connectivity index is 1.55. The van der Waals surface area contributed by atoms with Gasteiger partial charge in [0.15, 0.2) is 0 Å². The first-order valence-electron chi connectivity index (χ1n) is 13.3. The molecule has 1 N–H and O–H groups in total. The number of nitrogens with zero attached hydrogens (tertiary/aromatic N) is 1. The Labute approximate surface area is 227 Å². The Bertz CT molecular complexity index is 1390. The monoisotopic (exact) mass is 535 g/mol. The molecule has 3 aromatic rings. The number of carboxylic acid groups (broad SMARTS) is 1. The number of likely N-dealkylation sites (tertiary alicyclic amines) is 1. The lowest BCUT2D eigenvalue weighted by molar-refractivity contribution is 0.0696. The minimum Gasteiger partial charge on any atom is -0.478 e. The summed E-state index contributed by atoms with van der Waals surface area (Å²) in [7, 11) is 0. The van der Waals surface area contributed by atoms with Crippen molar-refractivity contribution in [3.05, 3.63) is 104 Å². The van der Waals surface area contributed by atoms with Gasteiger partial charge in [-0.2, -0.15) is 0 Å². The second-order valence-corrected chi connectivity index (χ2v) is 10.9. The van der Waals surface area contributed by atoms with Gasteiger partial charge in [0.1, 0.15) is 5.82 Å².